The number of ether oxygens (including phenoxy) is 1. The number of esters is 1. The highest BCUT2D eigenvalue weighted by atomic mass is 16.5. The van der Waals surface area contributed by atoms with Gasteiger partial charge in [-0.05, 0) is 19.3 Å². The summed E-state index contributed by atoms with van der Waals surface area (Å²) in [6.07, 6.45) is 5.53. The van der Waals surface area contributed by atoms with Crippen LogP contribution in [0, 0.1) is 0 Å². The van der Waals surface area contributed by atoms with Crippen LogP contribution < -0.4 is 21.9 Å². The third-order valence-electron chi connectivity index (χ3n) is 3.80. The van der Waals surface area contributed by atoms with Gasteiger partial charge in [0.25, 0.3) is 11.5 Å². The molecule has 0 radical (unpaired) electrons. The fraction of sp³-hybridized carbons (Fsp3) is 0.556. The molecular formula is C18H28N4O5. The van der Waals surface area contributed by atoms with Gasteiger partial charge in [0.15, 0.2) is 12.3 Å². The zero-order valence-electron chi connectivity index (χ0n) is 16.1. The molecule has 0 aliphatic rings. The molecule has 1 amide bonds. The Labute approximate surface area is 157 Å². The van der Waals surface area contributed by atoms with Gasteiger partial charge < -0.3 is 15.4 Å². The molecule has 9 heteroatoms. The minimum absolute atomic E-state index is 0.0766. The standard InChI is InChI=1S/C18H28N4O5/c1-4-7-9-14(24)27-12-13(23)21(11-8-5-2)15-16(19)22(10-6-3)18(26)20-17(15)25/h7,9H,4-6,8,10-12,19H2,1-3H3,(H,20,25,26)/b9-7+. The van der Waals surface area contributed by atoms with Crippen LogP contribution in [0.5, 0.6) is 0 Å². The predicted octanol–water partition coefficient (Wildman–Crippen LogP) is 1.17. The first-order chi connectivity index (χ1) is 12.9. The second-order valence-electron chi connectivity index (χ2n) is 5.96. The van der Waals surface area contributed by atoms with Crippen molar-refractivity contribution in [1.29, 1.82) is 0 Å². The molecule has 0 saturated heterocycles. The molecule has 0 atom stereocenters. The highest BCUT2D eigenvalue weighted by Gasteiger charge is 2.24. The van der Waals surface area contributed by atoms with Crippen molar-refractivity contribution >= 4 is 23.4 Å². The highest BCUT2D eigenvalue weighted by molar-refractivity contribution is 5.97. The van der Waals surface area contributed by atoms with E-state index < -0.39 is 29.7 Å². The number of carbonyl (C=O) groups is 2. The molecule has 0 fully saturated rings. The normalized spacial score (nSPS) is 10.9. The van der Waals surface area contributed by atoms with Crippen LogP contribution in [0.4, 0.5) is 11.5 Å². The Morgan fingerprint density at radius 1 is 1.22 bits per heavy atom. The number of carbonyl (C=O) groups excluding carboxylic acids is 2. The van der Waals surface area contributed by atoms with E-state index in [4.69, 9.17) is 10.5 Å². The summed E-state index contributed by atoms with van der Waals surface area (Å²) in [7, 11) is 0. The molecule has 3 N–H and O–H groups in total. The molecule has 0 aliphatic carbocycles. The van der Waals surface area contributed by atoms with Crippen molar-refractivity contribution < 1.29 is 14.3 Å². The Bertz CT molecular complexity index is 794. The van der Waals surface area contributed by atoms with Gasteiger partial charge in [0.2, 0.25) is 0 Å². The van der Waals surface area contributed by atoms with Gasteiger partial charge in [0, 0.05) is 19.2 Å². The van der Waals surface area contributed by atoms with E-state index in [0.29, 0.717) is 25.8 Å². The minimum Gasteiger partial charge on any atom is -0.452 e. The van der Waals surface area contributed by atoms with Crippen molar-refractivity contribution in [3.05, 3.63) is 33.0 Å². The summed E-state index contributed by atoms with van der Waals surface area (Å²) in [5, 5.41) is 0. The second-order valence-corrected chi connectivity index (χ2v) is 5.96. The Hall–Kier alpha value is -2.84. The Balaban J connectivity index is 3.20. The number of nitrogens with zero attached hydrogens (tertiary/aromatic N) is 2. The molecule has 0 spiro atoms. The molecule has 1 heterocycles. The molecule has 0 aromatic carbocycles. The van der Waals surface area contributed by atoms with E-state index in [1.54, 1.807) is 6.08 Å². The third-order valence-corrected chi connectivity index (χ3v) is 3.80. The summed E-state index contributed by atoms with van der Waals surface area (Å²) in [6.45, 7) is 5.66. The number of nitrogen functional groups attached to an aromatic ring is 1. The quantitative estimate of drug-likeness (QED) is 0.463. The molecule has 9 nitrogen and oxygen atoms in total. The van der Waals surface area contributed by atoms with Gasteiger partial charge in [-0.25, -0.2) is 9.59 Å². The maximum atomic E-state index is 12.6. The van der Waals surface area contributed by atoms with E-state index >= 15 is 0 Å². The van der Waals surface area contributed by atoms with E-state index in [1.807, 2.05) is 20.8 Å². The maximum Gasteiger partial charge on any atom is 0.330 e. The lowest BCUT2D eigenvalue weighted by atomic mass is 10.2. The monoisotopic (exact) mass is 380 g/mol. The van der Waals surface area contributed by atoms with Crippen LogP contribution in [-0.4, -0.2) is 34.6 Å². The molecule has 0 unspecified atom stereocenters. The molecule has 1 rings (SSSR count). The smallest absolute Gasteiger partial charge is 0.330 e. The van der Waals surface area contributed by atoms with Crippen molar-refractivity contribution in [2.24, 2.45) is 0 Å². The molecule has 27 heavy (non-hydrogen) atoms. The van der Waals surface area contributed by atoms with Crippen molar-refractivity contribution in [2.45, 2.75) is 53.0 Å². The average molecular weight is 380 g/mol. The van der Waals surface area contributed by atoms with Crippen molar-refractivity contribution in [2.75, 3.05) is 23.8 Å². The number of aromatic amines is 1. The maximum absolute atomic E-state index is 12.6. The number of nitrogens with two attached hydrogens (primary N) is 1. The highest BCUT2D eigenvalue weighted by Crippen LogP contribution is 2.18. The number of anilines is 2. The van der Waals surface area contributed by atoms with Gasteiger partial charge >= 0.3 is 11.7 Å². The topological polar surface area (TPSA) is 127 Å². The molecule has 0 bridgehead atoms. The van der Waals surface area contributed by atoms with E-state index in [0.717, 1.165) is 6.42 Å². The van der Waals surface area contributed by atoms with Crippen LogP contribution in [0.25, 0.3) is 0 Å². The zero-order valence-corrected chi connectivity index (χ0v) is 16.1. The minimum atomic E-state index is -0.744. The van der Waals surface area contributed by atoms with Crippen molar-refractivity contribution in [3.8, 4) is 0 Å². The first kappa shape index (κ1) is 22.2. The van der Waals surface area contributed by atoms with Crippen LogP contribution in [0.1, 0.15) is 46.5 Å². The Kier molecular flexibility index (Phi) is 9.04. The zero-order chi connectivity index (χ0) is 20.4. The molecule has 1 aromatic rings. The fourth-order valence-corrected chi connectivity index (χ4v) is 2.43. The summed E-state index contributed by atoms with van der Waals surface area (Å²) < 4.78 is 6.15. The summed E-state index contributed by atoms with van der Waals surface area (Å²) in [5.41, 5.74) is 4.57. The lowest BCUT2D eigenvalue weighted by Gasteiger charge is -2.24. The van der Waals surface area contributed by atoms with Gasteiger partial charge in [-0.2, -0.15) is 0 Å². The summed E-state index contributed by atoms with van der Waals surface area (Å²) in [6, 6.07) is 0. The van der Waals surface area contributed by atoms with Gasteiger partial charge in [-0.15, -0.1) is 0 Å². The van der Waals surface area contributed by atoms with Gasteiger partial charge in [0.05, 0.1) is 0 Å². The van der Waals surface area contributed by atoms with Crippen molar-refractivity contribution in [1.82, 2.24) is 9.55 Å². The van der Waals surface area contributed by atoms with Gasteiger partial charge in [-0.3, -0.25) is 19.1 Å². The van der Waals surface area contributed by atoms with E-state index in [1.165, 1.54) is 15.5 Å². The summed E-state index contributed by atoms with van der Waals surface area (Å²) in [5.74, 6) is -1.30. The number of H-pyrrole nitrogens is 1. The molecule has 150 valence electrons. The molecule has 0 aliphatic heterocycles. The number of nitrogens with one attached hydrogen (secondary N) is 1. The number of aromatic nitrogens is 2. The van der Waals surface area contributed by atoms with E-state index in [2.05, 4.69) is 4.98 Å². The van der Waals surface area contributed by atoms with Gasteiger partial charge in [-0.1, -0.05) is 33.3 Å². The predicted molar refractivity (Wildman–Crippen MR) is 104 cm³/mol. The molecule has 1 aromatic heterocycles. The van der Waals surface area contributed by atoms with Gasteiger partial charge in [0.1, 0.15) is 5.82 Å². The number of hydrogen-bond donors (Lipinski definition) is 2. The second kappa shape index (κ2) is 11.0. The number of allylic oxidation sites excluding steroid dienone is 1. The number of amides is 1. The van der Waals surface area contributed by atoms with E-state index in [-0.39, 0.29) is 18.1 Å². The summed E-state index contributed by atoms with van der Waals surface area (Å²) in [4.78, 5) is 51.9. The first-order valence-electron chi connectivity index (χ1n) is 9.13. The van der Waals surface area contributed by atoms with E-state index in [9.17, 15) is 19.2 Å². The fourth-order valence-electron chi connectivity index (χ4n) is 2.43. The van der Waals surface area contributed by atoms with Crippen LogP contribution in [0.2, 0.25) is 0 Å². The largest absolute Gasteiger partial charge is 0.452 e. The number of hydrogen-bond acceptors (Lipinski definition) is 6. The lowest BCUT2D eigenvalue weighted by molar-refractivity contribution is -0.143. The SMILES string of the molecule is CC/C=C/C(=O)OCC(=O)N(CCCC)c1c(N)n(CCC)c(=O)[nH]c1=O. The average Bonchev–Trinajstić information content (AvgIpc) is 2.63. The lowest BCUT2D eigenvalue weighted by Crippen LogP contribution is -2.43. The summed E-state index contributed by atoms with van der Waals surface area (Å²) >= 11 is 0. The molecule has 0 saturated carbocycles. The Morgan fingerprint density at radius 2 is 1.93 bits per heavy atom. The first-order valence-corrected chi connectivity index (χ1v) is 9.13. The third kappa shape index (κ3) is 6.12. The molecular weight excluding hydrogens is 352 g/mol. The number of unbranched alkanes of at least 4 members (excludes halogenated alkanes) is 1. The van der Waals surface area contributed by atoms with Crippen LogP contribution in [0.15, 0.2) is 21.7 Å². The van der Waals surface area contributed by atoms with Crippen LogP contribution in [0.3, 0.4) is 0 Å². The van der Waals surface area contributed by atoms with Crippen molar-refractivity contribution in [3.63, 3.8) is 0 Å². The number of rotatable bonds is 10. The van der Waals surface area contributed by atoms with Crippen LogP contribution in [-0.2, 0) is 20.9 Å². The van der Waals surface area contributed by atoms with Crippen LogP contribution >= 0.6 is 0 Å². The Morgan fingerprint density at radius 3 is 2.52 bits per heavy atom.